The van der Waals surface area contributed by atoms with Gasteiger partial charge in [0.1, 0.15) is 16.4 Å². The number of amides is 1. The van der Waals surface area contributed by atoms with Crippen LogP contribution in [0.3, 0.4) is 0 Å². The first-order valence-corrected chi connectivity index (χ1v) is 9.38. The van der Waals surface area contributed by atoms with Crippen molar-refractivity contribution in [2.75, 3.05) is 64.0 Å². The van der Waals surface area contributed by atoms with Crippen molar-refractivity contribution in [3.63, 3.8) is 0 Å². The molecule has 8 heteroatoms. The Morgan fingerprint density at radius 2 is 1.89 bits per heavy atom. The summed E-state index contributed by atoms with van der Waals surface area (Å²) in [7, 11) is -1.32. The number of sulfone groups is 1. The van der Waals surface area contributed by atoms with Crippen LogP contribution in [0.15, 0.2) is 0 Å². The number of rotatable bonds is 11. The highest BCUT2D eigenvalue weighted by molar-refractivity contribution is 7.98. The van der Waals surface area contributed by atoms with Crippen LogP contribution in [0.4, 0.5) is 0 Å². The molecule has 0 aromatic heterocycles. The normalized spacial score (nSPS) is 11.5. The molecule has 0 saturated carbocycles. The van der Waals surface area contributed by atoms with Crippen molar-refractivity contribution in [2.24, 2.45) is 0 Å². The second-order valence-electron chi connectivity index (χ2n) is 4.10. The van der Waals surface area contributed by atoms with E-state index in [2.05, 4.69) is 0 Å². The Morgan fingerprint density at radius 3 is 2.47 bits per heavy atom. The lowest BCUT2D eigenvalue weighted by Gasteiger charge is -2.17. The van der Waals surface area contributed by atoms with Crippen molar-refractivity contribution < 1.29 is 22.7 Å². The molecule has 19 heavy (non-hydrogen) atoms. The molecule has 0 atom stereocenters. The number of nitrogens with zero attached hydrogens (tertiary/aromatic N) is 1. The van der Waals surface area contributed by atoms with Crippen molar-refractivity contribution in [3.8, 4) is 0 Å². The van der Waals surface area contributed by atoms with Crippen LogP contribution >= 0.6 is 11.8 Å². The molecule has 1 amide bonds. The summed E-state index contributed by atoms with van der Waals surface area (Å²) in [5.41, 5.74) is 0. The molecule has 0 aromatic rings. The largest absolute Gasteiger partial charge is 0.379 e. The van der Waals surface area contributed by atoms with Crippen LogP contribution < -0.4 is 0 Å². The average Bonchev–Trinajstić information content (AvgIpc) is 2.32. The van der Waals surface area contributed by atoms with Crippen LogP contribution in [0.1, 0.15) is 0 Å². The fraction of sp³-hybridized carbons (Fsp3) is 0.909. The molecule has 0 heterocycles. The van der Waals surface area contributed by atoms with E-state index in [0.29, 0.717) is 19.8 Å². The van der Waals surface area contributed by atoms with Gasteiger partial charge in [0, 0.05) is 25.6 Å². The maximum atomic E-state index is 11.6. The minimum Gasteiger partial charge on any atom is -0.379 e. The molecule has 0 saturated heterocycles. The maximum Gasteiger partial charge on any atom is 0.248 e. The number of hydrogen-bond acceptors (Lipinski definition) is 6. The zero-order valence-corrected chi connectivity index (χ0v) is 13.4. The van der Waals surface area contributed by atoms with Gasteiger partial charge in [-0.15, -0.1) is 0 Å². The smallest absolute Gasteiger partial charge is 0.248 e. The number of carbonyl (C=O) groups excluding carboxylic acids is 1. The molecule has 0 aliphatic carbocycles. The lowest BCUT2D eigenvalue weighted by molar-refractivity contribution is -0.135. The minimum absolute atomic E-state index is 0.00244. The van der Waals surface area contributed by atoms with Crippen LogP contribution in [0, 0.1) is 0 Å². The van der Waals surface area contributed by atoms with E-state index in [1.807, 2.05) is 6.26 Å². The van der Waals surface area contributed by atoms with E-state index in [-0.39, 0.29) is 24.9 Å². The third kappa shape index (κ3) is 12.5. The summed E-state index contributed by atoms with van der Waals surface area (Å²) in [5.74, 6) is 0.765. The Kier molecular flexibility index (Phi) is 10.3. The van der Waals surface area contributed by atoms with Gasteiger partial charge >= 0.3 is 0 Å². The zero-order chi connectivity index (χ0) is 14.7. The van der Waals surface area contributed by atoms with Gasteiger partial charge in [-0.1, -0.05) is 0 Å². The fourth-order valence-electron chi connectivity index (χ4n) is 1.05. The fourth-order valence-corrected chi connectivity index (χ4v) is 1.76. The van der Waals surface area contributed by atoms with E-state index in [1.54, 1.807) is 18.8 Å². The molecule has 0 fully saturated rings. The monoisotopic (exact) mass is 313 g/mol. The topological polar surface area (TPSA) is 72.9 Å². The number of hydrogen-bond donors (Lipinski definition) is 0. The molecule has 114 valence electrons. The Balaban J connectivity index is 3.56. The highest BCUT2D eigenvalue weighted by Crippen LogP contribution is 1.93. The van der Waals surface area contributed by atoms with Crippen molar-refractivity contribution in [1.82, 2.24) is 4.90 Å². The summed E-state index contributed by atoms with van der Waals surface area (Å²) in [5, 5.41) is 0. The molecule has 0 N–H and O–H groups in total. The summed E-state index contributed by atoms with van der Waals surface area (Å²) in [4.78, 5) is 13.1. The van der Waals surface area contributed by atoms with E-state index in [9.17, 15) is 13.2 Å². The Labute approximate surface area is 119 Å². The van der Waals surface area contributed by atoms with Crippen LogP contribution in [-0.2, 0) is 24.1 Å². The average molecular weight is 313 g/mol. The number of ether oxygens (including phenoxy) is 2. The first-order chi connectivity index (χ1) is 8.87. The molecular formula is C11H23NO5S2. The predicted octanol–water partition coefficient (Wildman–Crippen LogP) is -0.114. The molecule has 0 radical (unpaired) electrons. The third-order valence-electron chi connectivity index (χ3n) is 2.25. The Hall–Kier alpha value is -0.310. The first-order valence-electron chi connectivity index (χ1n) is 5.93. The zero-order valence-electron chi connectivity index (χ0n) is 11.8. The highest BCUT2D eigenvalue weighted by Gasteiger charge is 2.08. The molecular weight excluding hydrogens is 290 g/mol. The number of thioether (sulfide) groups is 1. The summed E-state index contributed by atoms with van der Waals surface area (Å²) in [6.07, 6.45) is 3.14. The van der Waals surface area contributed by atoms with Crippen molar-refractivity contribution in [1.29, 1.82) is 0 Å². The van der Waals surface area contributed by atoms with E-state index in [4.69, 9.17) is 9.47 Å². The van der Waals surface area contributed by atoms with Gasteiger partial charge in [0.05, 0.1) is 25.6 Å². The van der Waals surface area contributed by atoms with Crippen LogP contribution in [0.2, 0.25) is 0 Å². The van der Waals surface area contributed by atoms with E-state index < -0.39 is 9.84 Å². The third-order valence-corrected chi connectivity index (χ3v) is 3.74. The van der Waals surface area contributed by atoms with Crippen molar-refractivity contribution in [3.05, 3.63) is 0 Å². The Bertz CT molecular complexity index is 345. The lowest BCUT2D eigenvalue weighted by atomic mass is 10.5. The van der Waals surface area contributed by atoms with E-state index in [0.717, 1.165) is 12.0 Å². The minimum atomic E-state index is -2.99. The van der Waals surface area contributed by atoms with Crippen molar-refractivity contribution >= 4 is 27.5 Å². The molecule has 6 nitrogen and oxygen atoms in total. The summed E-state index contributed by atoms with van der Waals surface area (Å²) >= 11 is 1.66. The number of carbonyl (C=O) groups is 1. The van der Waals surface area contributed by atoms with Gasteiger partial charge < -0.3 is 14.4 Å². The van der Waals surface area contributed by atoms with Gasteiger partial charge in [0.15, 0.2) is 0 Å². The molecule has 0 aromatic carbocycles. The van der Waals surface area contributed by atoms with Gasteiger partial charge in [0.2, 0.25) is 5.91 Å². The van der Waals surface area contributed by atoms with Gasteiger partial charge in [0.25, 0.3) is 0 Å². The summed E-state index contributed by atoms with van der Waals surface area (Å²) in [6.45, 7) is 1.54. The SMILES string of the molecule is CSCCOCC(=O)N(C)CCOCCS(C)(=O)=O. The first kappa shape index (κ1) is 18.7. The second-order valence-corrected chi connectivity index (χ2v) is 7.35. The summed E-state index contributed by atoms with van der Waals surface area (Å²) < 4.78 is 32.0. The predicted molar refractivity (Wildman–Crippen MR) is 77.4 cm³/mol. The van der Waals surface area contributed by atoms with Crippen LogP contribution in [-0.4, -0.2) is 83.3 Å². The van der Waals surface area contributed by atoms with Crippen LogP contribution in [0.25, 0.3) is 0 Å². The van der Waals surface area contributed by atoms with Crippen molar-refractivity contribution in [2.45, 2.75) is 0 Å². The molecule has 0 aliphatic rings. The highest BCUT2D eigenvalue weighted by atomic mass is 32.2. The second kappa shape index (κ2) is 10.5. The summed E-state index contributed by atoms with van der Waals surface area (Å²) in [6, 6.07) is 0. The van der Waals surface area contributed by atoms with Crippen LogP contribution in [0.5, 0.6) is 0 Å². The van der Waals surface area contributed by atoms with Gasteiger partial charge in [-0.25, -0.2) is 8.42 Å². The Morgan fingerprint density at radius 1 is 1.21 bits per heavy atom. The van der Waals surface area contributed by atoms with E-state index in [1.165, 1.54) is 4.90 Å². The quantitative estimate of drug-likeness (QED) is 0.495. The molecule has 0 rings (SSSR count). The van der Waals surface area contributed by atoms with E-state index >= 15 is 0 Å². The lowest BCUT2D eigenvalue weighted by Crippen LogP contribution is -2.33. The molecule has 0 aliphatic heterocycles. The van der Waals surface area contributed by atoms with Gasteiger partial charge in [-0.3, -0.25) is 4.79 Å². The maximum absolute atomic E-state index is 11.6. The molecule has 0 bridgehead atoms. The van der Waals surface area contributed by atoms with Gasteiger partial charge in [-0.2, -0.15) is 11.8 Å². The number of likely N-dealkylation sites (N-methyl/N-ethyl adjacent to an activating group) is 1. The standard InChI is InChI=1S/C11H23NO5S2/c1-12(11(13)10-17-6-8-18-2)4-5-16-7-9-19(3,14)15/h4-10H2,1-3H3. The molecule has 0 unspecified atom stereocenters. The molecule has 0 spiro atoms. The van der Waals surface area contributed by atoms with Gasteiger partial charge in [-0.05, 0) is 6.26 Å².